The van der Waals surface area contributed by atoms with E-state index >= 15 is 0 Å². The highest BCUT2D eigenvalue weighted by atomic mass is 35.5. The van der Waals surface area contributed by atoms with Crippen LogP contribution < -0.4 is 5.32 Å². The molecule has 17 heavy (non-hydrogen) atoms. The fourth-order valence-corrected chi connectivity index (χ4v) is 1.41. The summed E-state index contributed by atoms with van der Waals surface area (Å²) in [6.45, 7) is 6.08. The number of aromatic nitrogens is 2. The summed E-state index contributed by atoms with van der Waals surface area (Å²) < 4.78 is 5.27. The molecule has 0 fully saturated rings. The molecule has 0 radical (unpaired) electrons. The molecular weight excluding hydrogens is 242 g/mol. The minimum Gasteiger partial charge on any atom is -0.377 e. The number of hydrogen-bond donors (Lipinski definition) is 1. The molecule has 0 saturated heterocycles. The summed E-state index contributed by atoms with van der Waals surface area (Å²) in [5.74, 6) is 0.945. The van der Waals surface area contributed by atoms with E-state index in [-0.39, 0.29) is 16.3 Å². The molecule has 0 aliphatic rings. The minimum atomic E-state index is -0.356. The largest absolute Gasteiger partial charge is 0.377 e. The van der Waals surface area contributed by atoms with E-state index in [0.717, 1.165) is 0 Å². The third-order valence-electron chi connectivity index (χ3n) is 2.36. The van der Waals surface area contributed by atoms with E-state index in [2.05, 4.69) is 15.3 Å². The Balaban J connectivity index is 2.94. The predicted molar refractivity (Wildman–Crippen MR) is 66.7 cm³/mol. The minimum absolute atomic E-state index is 0.158. The molecular formula is C11H16ClN3O2. The van der Waals surface area contributed by atoms with Crippen molar-refractivity contribution >= 4 is 23.7 Å². The fourth-order valence-electron chi connectivity index (χ4n) is 1.15. The Morgan fingerprint density at radius 1 is 1.47 bits per heavy atom. The van der Waals surface area contributed by atoms with Gasteiger partial charge in [0.25, 0.3) is 0 Å². The van der Waals surface area contributed by atoms with Crippen LogP contribution in [0.4, 0.5) is 5.82 Å². The number of carbonyl (C=O) groups excluding carboxylic acids is 1. The summed E-state index contributed by atoms with van der Waals surface area (Å²) in [7, 11) is 1.63. The maximum atomic E-state index is 10.9. The number of aryl methyl sites for hydroxylation is 1. The van der Waals surface area contributed by atoms with Crippen molar-refractivity contribution < 1.29 is 9.53 Å². The number of anilines is 1. The Morgan fingerprint density at radius 3 is 2.65 bits per heavy atom. The lowest BCUT2D eigenvalue weighted by atomic mass is 10.1. The zero-order valence-corrected chi connectivity index (χ0v) is 11.1. The van der Waals surface area contributed by atoms with Gasteiger partial charge < -0.3 is 10.1 Å². The van der Waals surface area contributed by atoms with Crippen molar-refractivity contribution in [1.82, 2.24) is 9.97 Å². The number of carbonyl (C=O) groups is 1. The predicted octanol–water partition coefficient (Wildman–Crippen LogP) is 2.09. The molecule has 6 heteroatoms. The highest BCUT2D eigenvalue weighted by molar-refractivity contribution is 6.32. The summed E-state index contributed by atoms with van der Waals surface area (Å²) in [6.07, 6.45) is 0.643. The summed E-state index contributed by atoms with van der Waals surface area (Å²) in [5.41, 5.74) is -0.0879. The second kappa shape index (κ2) is 5.42. The smallest absolute Gasteiger partial charge is 0.156 e. The second-order valence-electron chi connectivity index (χ2n) is 4.26. The first-order chi connectivity index (χ1) is 7.89. The molecule has 0 aromatic carbocycles. The number of aldehydes is 1. The highest BCUT2D eigenvalue weighted by Gasteiger charge is 2.18. The van der Waals surface area contributed by atoms with Gasteiger partial charge >= 0.3 is 0 Å². The van der Waals surface area contributed by atoms with E-state index < -0.39 is 0 Å². The standard InChI is InChI=1S/C11H16ClN3O2/c1-7-14-9(12)8(5-16)10(15-7)13-6-11(2,3)17-4/h5H,6H2,1-4H3,(H,13,14,15). The number of methoxy groups -OCH3 is 1. The average molecular weight is 258 g/mol. The average Bonchev–Trinajstić information content (AvgIpc) is 2.26. The number of rotatable bonds is 5. The van der Waals surface area contributed by atoms with Crippen molar-refractivity contribution in [3.05, 3.63) is 16.5 Å². The van der Waals surface area contributed by atoms with Gasteiger partial charge in [0.05, 0.1) is 11.2 Å². The number of nitrogens with zero attached hydrogens (tertiary/aromatic N) is 2. The van der Waals surface area contributed by atoms with Gasteiger partial charge in [0, 0.05) is 13.7 Å². The van der Waals surface area contributed by atoms with Gasteiger partial charge in [-0.25, -0.2) is 9.97 Å². The van der Waals surface area contributed by atoms with Crippen LogP contribution in [-0.4, -0.2) is 35.5 Å². The van der Waals surface area contributed by atoms with Crippen LogP contribution in [0.3, 0.4) is 0 Å². The quantitative estimate of drug-likeness (QED) is 0.646. The lowest BCUT2D eigenvalue weighted by molar-refractivity contribution is 0.0343. The summed E-state index contributed by atoms with van der Waals surface area (Å²) in [5, 5.41) is 3.20. The maximum Gasteiger partial charge on any atom is 0.156 e. The van der Waals surface area contributed by atoms with E-state index in [4.69, 9.17) is 16.3 Å². The van der Waals surface area contributed by atoms with Crippen molar-refractivity contribution in [2.24, 2.45) is 0 Å². The van der Waals surface area contributed by atoms with Gasteiger partial charge in [-0.05, 0) is 20.8 Å². The Labute approximate surface area is 106 Å². The fraction of sp³-hybridized carbons (Fsp3) is 0.545. The molecule has 1 rings (SSSR count). The van der Waals surface area contributed by atoms with Crippen molar-refractivity contribution in [2.75, 3.05) is 19.0 Å². The molecule has 5 nitrogen and oxygen atoms in total. The van der Waals surface area contributed by atoms with E-state index in [1.807, 2.05) is 13.8 Å². The summed E-state index contributed by atoms with van der Waals surface area (Å²) >= 11 is 5.87. The van der Waals surface area contributed by atoms with Crippen LogP contribution in [0.25, 0.3) is 0 Å². The normalized spacial score (nSPS) is 11.4. The van der Waals surface area contributed by atoms with E-state index in [1.54, 1.807) is 14.0 Å². The first-order valence-electron chi connectivity index (χ1n) is 5.18. The first kappa shape index (κ1) is 13.9. The van der Waals surface area contributed by atoms with Crippen LogP contribution >= 0.6 is 11.6 Å². The molecule has 0 unspecified atom stereocenters. The third kappa shape index (κ3) is 3.64. The molecule has 0 amide bonds. The lowest BCUT2D eigenvalue weighted by Gasteiger charge is -2.23. The van der Waals surface area contributed by atoms with E-state index in [9.17, 15) is 4.79 Å². The number of hydrogen-bond acceptors (Lipinski definition) is 5. The third-order valence-corrected chi connectivity index (χ3v) is 2.65. The summed E-state index contributed by atoms with van der Waals surface area (Å²) in [6, 6.07) is 0. The van der Waals surface area contributed by atoms with E-state index in [1.165, 1.54) is 0 Å². The Bertz CT molecular complexity index is 421. The molecule has 0 saturated carbocycles. The van der Waals surface area contributed by atoms with Crippen LogP contribution in [-0.2, 0) is 4.74 Å². The van der Waals surface area contributed by atoms with E-state index in [0.29, 0.717) is 24.5 Å². The SMILES string of the molecule is COC(C)(C)CNc1nc(C)nc(Cl)c1C=O. The molecule has 1 heterocycles. The van der Waals surface area contributed by atoms with Crippen LogP contribution in [0.2, 0.25) is 5.15 Å². The molecule has 0 atom stereocenters. The van der Waals surface area contributed by atoms with Gasteiger partial charge in [0.1, 0.15) is 16.8 Å². The lowest BCUT2D eigenvalue weighted by Crippen LogP contribution is -2.32. The van der Waals surface area contributed by atoms with Crippen molar-refractivity contribution in [1.29, 1.82) is 0 Å². The molecule has 94 valence electrons. The molecule has 0 aliphatic carbocycles. The zero-order valence-electron chi connectivity index (χ0n) is 10.4. The van der Waals surface area contributed by atoms with Gasteiger partial charge in [-0.15, -0.1) is 0 Å². The number of nitrogens with one attached hydrogen (secondary N) is 1. The van der Waals surface area contributed by atoms with Crippen LogP contribution in [0.1, 0.15) is 30.0 Å². The van der Waals surface area contributed by atoms with Gasteiger partial charge in [-0.1, -0.05) is 11.6 Å². The Kier molecular flexibility index (Phi) is 4.42. The van der Waals surface area contributed by atoms with Crippen molar-refractivity contribution in [2.45, 2.75) is 26.4 Å². The van der Waals surface area contributed by atoms with Crippen LogP contribution in [0.5, 0.6) is 0 Å². The summed E-state index contributed by atoms with van der Waals surface area (Å²) in [4.78, 5) is 19.0. The Hall–Kier alpha value is -1.20. The monoisotopic (exact) mass is 257 g/mol. The van der Waals surface area contributed by atoms with Crippen LogP contribution in [0, 0.1) is 6.92 Å². The van der Waals surface area contributed by atoms with Gasteiger partial charge in [0.15, 0.2) is 6.29 Å². The molecule has 0 spiro atoms. The van der Waals surface area contributed by atoms with Gasteiger partial charge in [-0.3, -0.25) is 4.79 Å². The molecule has 1 aromatic rings. The Morgan fingerprint density at radius 2 is 2.12 bits per heavy atom. The molecule has 1 N–H and O–H groups in total. The van der Waals surface area contributed by atoms with Crippen molar-refractivity contribution in [3.63, 3.8) is 0 Å². The van der Waals surface area contributed by atoms with Crippen molar-refractivity contribution in [3.8, 4) is 0 Å². The second-order valence-corrected chi connectivity index (χ2v) is 4.62. The highest BCUT2D eigenvalue weighted by Crippen LogP contribution is 2.20. The number of halogens is 1. The number of ether oxygens (including phenoxy) is 1. The molecule has 0 bridgehead atoms. The first-order valence-corrected chi connectivity index (χ1v) is 5.56. The van der Waals surface area contributed by atoms with Gasteiger partial charge in [0.2, 0.25) is 0 Å². The van der Waals surface area contributed by atoms with Crippen LogP contribution in [0.15, 0.2) is 0 Å². The zero-order chi connectivity index (χ0) is 13.1. The maximum absolute atomic E-state index is 10.9. The van der Waals surface area contributed by atoms with Gasteiger partial charge in [-0.2, -0.15) is 0 Å². The topological polar surface area (TPSA) is 64.1 Å². The molecule has 0 aliphatic heterocycles. The molecule has 1 aromatic heterocycles.